The lowest BCUT2D eigenvalue weighted by molar-refractivity contribution is -0.341. The Labute approximate surface area is 449 Å². The van der Waals surface area contributed by atoms with Crippen LogP contribution < -0.4 is 0 Å². The normalized spacial score (nSPS) is 40.2. The number of cyclic esters (lactones) is 1. The van der Waals surface area contributed by atoms with Crippen molar-refractivity contribution in [3.8, 4) is 11.1 Å². The summed E-state index contributed by atoms with van der Waals surface area (Å²) in [6, 6.07) is 20.0. The summed E-state index contributed by atoms with van der Waals surface area (Å²) in [5, 5.41) is 55.8. The average molecular weight is 1070 g/mol. The van der Waals surface area contributed by atoms with E-state index in [0.29, 0.717) is 12.0 Å². The molecule has 0 bridgehead atoms. The summed E-state index contributed by atoms with van der Waals surface area (Å²) in [4.78, 5) is 41.5. The van der Waals surface area contributed by atoms with E-state index in [9.17, 15) is 39.9 Å². The van der Waals surface area contributed by atoms with Crippen molar-refractivity contribution in [1.82, 2.24) is 4.90 Å². The second kappa shape index (κ2) is 29.4. The second-order valence-corrected chi connectivity index (χ2v) is 21.5. The molecule has 0 aliphatic carbocycles. The van der Waals surface area contributed by atoms with Gasteiger partial charge in [-0.15, -0.1) is 0 Å². The fourth-order valence-electron chi connectivity index (χ4n) is 10.8. The predicted molar refractivity (Wildman–Crippen MR) is 282 cm³/mol. The van der Waals surface area contributed by atoms with Gasteiger partial charge in [-0.2, -0.15) is 0 Å². The Morgan fingerprint density at radius 3 is 1.92 bits per heavy atom. The Hall–Kier alpha value is -3.83. The predicted octanol–water partition coefficient (Wildman–Crippen LogP) is 5.19. The number of aldehydes is 1. The minimum absolute atomic E-state index is 0.00788. The molecule has 3 saturated heterocycles. The minimum atomic E-state index is -1.49. The number of likely N-dealkylation sites (N-methyl/N-ethyl adjacent to an activating group) is 1. The quantitative estimate of drug-likeness (QED) is 0.121. The third kappa shape index (κ3) is 16.6. The van der Waals surface area contributed by atoms with Crippen LogP contribution in [0.3, 0.4) is 0 Å². The van der Waals surface area contributed by atoms with E-state index in [1.54, 1.807) is 59.7 Å². The van der Waals surface area contributed by atoms with Gasteiger partial charge in [0.25, 0.3) is 0 Å². The van der Waals surface area contributed by atoms with Crippen LogP contribution in [0, 0.1) is 23.7 Å². The SMILES string of the molecule is CC[C@H]1OC(=O)C[C@@H](O)[C@H](C)[C@@H](O[C@@H]2O[C@H](C)[C@@H](O[C@H]3C[C@@](C)(O)[C@@H](O)[C@H](C)O3)[C@H](N(C)C)[C@H]2O)[C@@H](CC=O)C[C@@H](C)C(=O)/C=C/C(C)=C/C1CO[C@@H]1O[C@H](C)[C@@H](O)[C@@H](OC)[C@H]1OC.c1ccc(-c2ccccc2)cc1. The molecule has 1 unspecified atom stereocenters. The maximum absolute atomic E-state index is 13.8. The molecule has 0 radical (unpaired) electrons. The van der Waals surface area contributed by atoms with Crippen molar-refractivity contribution in [3.63, 3.8) is 0 Å². The van der Waals surface area contributed by atoms with Crippen molar-refractivity contribution in [2.24, 2.45) is 23.7 Å². The van der Waals surface area contributed by atoms with Crippen molar-refractivity contribution in [3.05, 3.63) is 84.5 Å². The molecule has 4 aliphatic heterocycles. The summed E-state index contributed by atoms with van der Waals surface area (Å²) >= 11 is 0. The number of methoxy groups -OCH3 is 2. The molecule has 18 nitrogen and oxygen atoms in total. The summed E-state index contributed by atoms with van der Waals surface area (Å²) in [6.07, 6.45) is -8.49. The summed E-state index contributed by atoms with van der Waals surface area (Å²) in [7, 11) is 6.43. The van der Waals surface area contributed by atoms with Gasteiger partial charge in [-0.05, 0) is 84.7 Å². The number of ketones is 1. The van der Waals surface area contributed by atoms with Crippen molar-refractivity contribution in [1.29, 1.82) is 0 Å². The van der Waals surface area contributed by atoms with E-state index >= 15 is 0 Å². The number of ether oxygens (including phenoxy) is 9. The standard InChI is InChI=1S/C46H77NO17.C12H10/c1-13-33-30(22-58-45-42(57-12)41(56-11)37(52)26(5)60-45)18-23(2)14-15-31(49)24(3)19-29(16-17-48)39(25(4)32(50)20-34(51)62-33)64-44-38(53)36(47(9)10)40(27(6)61-44)63-35-21-46(8,55)43(54)28(7)59-35;1-3-7-11(8-4-1)12-9-5-2-6-10-12/h14-15,17-18,24-30,32-33,35-45,50,52-55H,13,16,19-22H2,1-12H3;1-10H/b15-14+,23-18+;/t24-,25+,26-,27-,28+,29+,30?,32-,33-,35+,36-,37-,38-,39-,40-,41-,42-,43+,44+,45-,46-;/m1./s1. The first kappa shape index (κ1) is 63.0. The lowest BCUT2D eigenvalue weighted by Crippen LogP contribution is -2.65. The first-order chi connectivity index (χ1) is 36.0. The molecule has 4 heterocycles. The molecule has 21 atom stereocenters. The van der Waals surface area contributed by atoms with Gasteiger partial charge in [0.1, 0.15) is 49.0 Å². The number of nitrogens with zero attached hydrogens (tertiary/aromatic N) is 1. The number of aliphatic hydroxyl groups is 5. The molecule has 2 aromatic carbocycles. The number of carbonyl (C=O) groups excluding carboxylic acids is 3. The number of carbonyl (C=O) groups is 3. The highest BCUT2D eigenvalue weighted by molar-refractivity contribution is 5.91. The number of hydrogen-bond acceptors (Lipinski definition) is 18. The Morgan fingerprint density at radius 2 is 1.37 bits per heavy atom. The van der Waals surface area contributed by atoms with Crippen LogP contribution >= 0.6 is 0 Å². The molecule has 18 heteroatoms. The van der Waals surface area contributed by atoms with E-state index in [-0.39, 0.29) is 31.7 Å². The number of hydrogen-bond donors (Lipinski definition) is 5. The number of rotatable bonds is 14. The van der Waals surface area contributed by atoms with Gasteiger partial charge in [0.05, 0.1) is 55.2 Å². The highest BCUT2D eigenvalue weighted by atomic mass is 16.7. The van der Waals surface area contributed by atoms with Crippen molar-refractivity contribution in [2.45, 2.75) is 191 Å². The molecule has 5 N–H and O–H groups in total. The zero-order valence-electron chi connectivity index (χ0n) is 46.5. The zero-order valence-corrected chi connectivity index (χ0v) is 46.5. The Balaban J connectivity index is 0.000000772. The van der Waals surface area contributed by atoms with Crippen LogP contribution in [0.2, 0.25) is 0 Å². The number of aliphatic hydroxyl groups excluding tert-OH is 4. The number of esters is 1. The monoisotopic (exact) mass is 1070 g/mol. The molecular weight excluding hydrogens is 983 g/mol. The van der Waals surface area contributed by atoms with Gasteiger partial charge in [0.15, 0.2) is 24.7 Å². The van der Waals surface area contributed by atoms with E-state index in [1.807, 2.05) is 32.1 Å². The lowest BCUT2D eigenvalue weighted by Gasteiger charge is -2.50. The molecule has 426 valence electrons. The van der Waals surface area contributed by atoms with Gasteiger partial charge in [0.2, 0.25) is 0 Å². The van der Waals surface area contributed by atoms with Gasteiger partial charge < -0.3 is 77.9 Å². The average Bonchev–Trinajstić information content (AvgIpc) is 3.38. The van der Waals surface area contributed by atoms with Gasteiger partial charge >= 0.3 is 5.97 Å². The summed E-state index contributed by atoms with van der Waals surface area (Å²) in [6.45, 7) is 13.6. The molecule has 0 spiro atoms. The van der Waals surface area contributed by atoms with Crippen LogP contribution in [0.1, 0.15) is 87.5 Å². The van der Waals surface area contributed by atoms with E-state index in [2.05, 4.69) is 48.5 Å². The van der Waals surface area contributed by atoms with Crippen LogP contribution in [0.4, 0.5) is 0 Å². The van der Waals surface area contributed by atoms with Gasteiger partial charge in [0, 0.05) is 44.8 Å². The summed E-state index contributed by atoms with van der Waals surface area (Å²) in [5.41, 5.74) is 1.75. The highest BCUT2D eigenvalue weighted by Crippen LogP contribution is 2.38. The van der Waals surface area contributed by atoms with Gasteiger partial charge in [-0.1, -0.05) is 99.2 Å². The van der Waals surface area contributed by atoms with E-state index in [0.717, 1.165) is 6.29 Å². The van der Waals surface area contributed by atoms with Crippen LogP contribution in [-0.4, -0.2) is 187 Å². The molecule has 76 heavy (non-hydrogen) atoms. The van der Waals surface area contributed by atoms with Crippen molar-refractivity contribution in [2.75, 3.05) is 34.9 Å². The third-order valence-electron chi connectivity index (χ3n) is 15.3. The maximum Gasteiger partial charge on any atom is 0.308 e. The number of allylic oxidation sites excluding steroid dienone is 3. The largest absolute Gasteiger partial charge is 0.462 e. The van der Waals surface area contributed by atoms with Gasteiger partial charge in [-0.3, -0.25) is 9.59 Å². The van der Waals surface area contributed by atoms with Gasteiger partial charge in [-0.25, -0.2) is 0 Å². The Morgan fingerprint density at radius 1 is 0.763 bits per heavy atom. The first-order valence-corrected chi connectivity index (χ1v) is 26.7. The molecule has 4 aliphatic rings. The fourth-order valence-corrected chi connectivity index (χ4v) is 10.8. The van der Waals surface area contributed by atoms with E-state index in [1.165, 1.54) is 38.3 Å². The lowest BCUT2D eigenvalue weighted by atomic mass is 9.79. The number of benzene rings is 2. The molecule has 0 aromatic heterocycles. The molecule has 0 amide bonds. The van der Waals surface area contributed by atoms with E-state index < -0.39 is 140 Å². The zero-order chi connectivity index (χ0) is 56.0. The summed E-state index contributed by atoms with van der Waals surface area (Å²) < 4.78 is 54.7. The topological polar surface area (TPSA) is 239 Å². The second-order valence-electron chi connectivity index (χ2n) is 21.5. The summed E-state index contributed by atoms with van der Waals surface area (Å²) in [5.74, 6) is -3.59. The maximum atomic E-state index is 13.8. The fraction of sp³-hybridized carbons (Fsp3) is 0.672. The third-order valence-corrected chi connectivity index (χ3v) is 15.3. The smallest absolute Gasteiger partial charge is 0.308 e. The highest BCUT2D eigenvalue weighted by Gasteiger charge is 2.52. The van der Waals surface area contributed by atoms with E-state index in [4.69, 9.17) is 42.6 Å². The molecule has 0 saturated carbocycles. The van der Waals surface area contributed by atoms with Crippen LogP contribution in [0.5, 0.6) is 0 Å². The van der Waals surface area contributed by atoms with Crippen molar-refractivity contribution >= 4 is 18.0 Å². The van der Waals surface area contributed by atoms with Crippen molar-refractivity contribution < 1.29 is 82.5 Å². The molecule has 2 aromatic rings. The van der Waals surface area contributed by atoms with Crippen LogP contribution in [-0.2, 0) is 57.0 Å². The molecule has 6 rings (SSSR count). The minimum Gasteiger partial charge on any atom is -0.462 e. The first-order valence-electron chi connectivity index (χ1n) is 26.7. The Bertz CT molecular complexity index is 2100. The van der Waals surface area contributed by atoms with Crippen LogP contribution in [0.25, 0.3) is 11.1 Å². The van der Waals surface area contributed by atoms with Crippen LogP contribution in [0.15, 0.2) is 84.5 Å². The molecular formula is C58H87NO17. The molecule has 3 fully saturated rings. The Kier molecular flexibility index (Phi) is 24.4.